The molecule has 5 heteroatoms. The number of ether oxygens (including phenoxy) is 2. The second kappa shape index (κ2) is 8.06. The first-order chi connectivity index (χ1) is 11.5. The zero-order valence-electron chi connectivity index (χ0n) is 14.4. The molecule has 2 rings (SSSR count). The van der Waals surface area contributed by atoms with E-state index in [1.165, 1.54) is 0 Å². The Morgan fingerprint density at radius 1 is 1.08 bits per heavy atom. The van der Waals surface area contributed by atoms with Gasteiger partial charge in [0.25, 0.3) is 5.91 Å². The Kier molecular flexibility index (Phi) is 6.10. The second-order valence-electron chi connectivity index (χ2n) is 5.37. The molecular formula is C19H22ClNO3. The van der Waals surface area contributed by atoms with Gasteiger partial charge in [-0.1, -0.05) is 29.8 Å². The van der Waals surface area contributed by atoms with Crippen molar-refractivity contribution in [1.82, 2.24) is 0 Å². The molecule has 0 saturated carbocycles. The van der Waals surface area contributed by atoms with Crippen LogP contribution in [0.4, 0.5) is 5.69 Å². The quantitative estimate of drug-likeness (QED) is 0.799. The third-order valence-electron chi connectivity index (χ3n) is 3.58. The highest BCUT2D eigenvalue weighted by molar-refractivity contribution is 6.32. The molecule has 0 heterocycles. The maximum atomic E-state index is 12.6. The monoisotopic (exact) mass is 347 g/mol. The van der Waals surface area contributed by atoms with Crippen molar-refractivity contribution >= 4 is 23.2 Å². The van der Waals surface area contributed by atoms with Gasteiger partial charge in [-0.2, -0.15) is 0 Å². The fourth-order valence-corrected chi connectivity index (χ4v) is 2.71. The van der Waals surface area contributed by atoms with Gasteiger partial charge in [-0.25, -0.2) is 0 Å². The molecule has 0 spiro atoms. The van der Waals surface area contributed by atoms with Crippen LogP contribution in [0.25, 0.3) is 0 Å². The van der Waals surface area contributed by atoms with Crippen LogP contribution in [0.3, 0.4) is 0 Å². The number of hydrogen-bond acceptors (Lipinski definition) is 3. The van der Waals surface area contributed by atoms with Crippen LogP contribution in [0.2, 0.25) is 5.02 Å². The molecule has 0 fully saturated rings. The van der Waals surface area contributed by atoms with Crippen molar-refractivity contribution in [2.75, 3.05) is 18.5 Å². The first-order valence-electron chi connectivity index (χ1n) is 7.94. The number of aryl methyl sites for hydroxylation is 2. The molecule has 24 heavy (non-hydrogen) atoms. The van der Waals surface area contributed by atoms with Gasteiger partial charge in [0.2, 0.25) is 0 Å². The number of nitrogens with one attached hydrogen (secondary N) is 1. The van der Waals surface area contributed by atoms with E-state index in [9.17, 15) is 4.79 Å². The Morgan fingerprint density at radius 3 is 2.29 bits per heavy atom. The highest BCUT2D eigenvalue weighted by Gasteiger charge is 2.17. The largest absolute Gasteiger partial charge is 0.490 e. The molecule has 2 aromatic carbocycles. The standard InChI is InChI=1S/C19H22ClNO3/c1-5-23-16-11-14(10-15(20)18(16)24-6-2)19(22)21-17-12(3)8-7-9-13(17)4/h7-11H,5-6H2,1-4H3,(H,21,22). The molecule has 0 saturated heterocycles. The number of anilines is 1. The third kappa shape index (κ3) is 4.01. The minimum Gasteiger partial charge on any atom is -0.490 e. The average molecular weight is 348 g/mol. The summed E-state index contributed by atoms with van der Waals surface area (Å²) >= 11 is 6.27. The van der Waals surface area contributed by atoms with Gasteiger partial charge in [-0.3, -0.25) is 4.79 Å². The van der Waals surface area contributed by atoms with Crippen LogP contribution in [-0.4, -0.2) is 19.1 Å². The number of para-hydroxylation sites is 1. The number of rotatable bonds is 6. The summed E-state index contributed by atoms with van der Waals surface area (Å²) in [6.45, 7) is 8.58. The van der Waals surface area contributed by atoms with Gasteiger partial charge in [0.1, 0.15) is 0 Å². The predicted molar refractivity (Wildman–Crippen MR) is 97.7 cm³/mol. The van der Waals surface area contributed by atoms with Crippen molar-refractivity contribution in [3.8, 4) is 11.5 Å². The topological polar surface area (TPSA) is 47.6 Å². The Hall–Kier alpha value is -2.20. The zero-order valence-corrected chi connectivity index (χ0v) is 15.2. The van der Waals surface area contributed by atoms with Gasteiger partial charge in [0, 0.05) is 11.3 Å². The molecule has 0 radical (unpaired) electrons. The van der Waals surface area contributed by atoms with Crippen molar-refractivity contribution in [2.45, 2.75) is 27.7 Å². The number of benzene rings is 2. The zero-order chi connectivity index (χ0) is 17.7. The van der Waals surface area contributed by atoms with E-state index in [-0.39, 0.29) is 5.91 Å². The van der Waals surface area contributed by atoms with Crippen molar-refractivity contribution in [3.63, 3.8) is 0 Å². The van der Waals surface area contributed by atoms with Gasteiger partial charge in [-0.05, 0) is 51.0 Å². The lowest BCUT2D eigenvalue weighted by Gasteiger charge is -2.15. The lowest BCUT2D eigenvalue weighted by Crippen LogP contribution is -2.14. The van der Waals surface area contributed by atoms with E-state index in [1.54, 1.807) is 12.1 Å². The normalized spacial score (nSPS) is 10.4. The first kappa shape index (κ1) is 18.1. The Labute approximate surface area is 147 Å². The number of halogens is 1. The smallest absolute Gasteiger partial charge is 0.255 e. The summed E-state index contributed by atoms with van der Waals surface area (Å²) in [6.07, 6.45) is 0. The lowest BCUT2D eigenvalue weighted by atomic mass is 10.1. The van der Waals surface area contributed by atoms with Gasteiger partial charge in [-0.15, -0.1) is 0 Å². The van der Waals surface area contributed by atoms with Gasteiger partial charge in [0.05, 0.1) is 18.2 Å². The molecule has 128 valence electrons. The van der Waals surface area contributed by atoms with Crippen molar-refractivity contribution in [3.05, 3.63) is 52.0 Å². The van der Waals surface area contributed by atoms with Crippen LogP contribution < -0.4 is 14.8 Å². The SMILES string of the molecule is CCOc1cc(C(=O)Nc2c(C)cccc2C)cc(Cl)c1OCC. The molecule has 2 aromatic rings. The molecule has 0 aliphatic carbocycles. The average Bonchev–Trinajstić information content (AvgIpc) is 2.54. The van der Waals surface area contributed by atoms with Crippen LogP contribution in [0, 0.1) is 13.8 Å². The van der Waals surface area contributed by atoms with Gasteiger partial charge in [0.15, 0.2) is 11.5 Å². The fraction of sp³-hybridized carbons (Fsp3) is 0.316. The highest BCUT2D eigenvalue weighted by Crippen LogP contribution is 2.37. The van der Waals surface area contributed by atoms with Crippen LogP contribution in [0.5, 0.6) is 11.5 Å². The van der Waals surface area contributed by atoms with Crippen molar-refractivity contribution in [2.24, 2.45) is 0 Å². The third-order valence-corrected chi connectivity index (χ3v) is 3.86. The maximum Gasteiger partial charge on any atom is 0.255 e. The van der Waals surface area contributed by atoms with E-state index in [4.69, 9.17) is 21.1 Å². The minimum atomic E-state index is -0.238. The molecule has 0 atom stereocenters. The summed E-state index contributed by atoms with van der Waals surface area (Å²) in [6, 6.07) is 9.13. The van der Waals surface area contributed by atoms with Gasteiger partial charge >= 0.3 is 0 Å². The van der Waals surface area contributed by atoms with E-state index >= 15 is 0 Å². The van der Waals surface area contributed by atoms with E-state index in [1.807, 2.05) is 45.9 Å². The molecule has 1 N–H and O–H groups in total. The highest BCUT2D eigenvalue weighted by atomic mass is 35.5. The molecule has 0 unspecified atom stereocenters. The number of amides is 1. The molecule has 4 nitrogen and oxygen atoms in total. The van der Waals surface area contributed by atoms with E-state index in [0.717, 1.165) is 16.8 Å². The van der Waals surface area contributed by atoms with E-state index in [0.29, 0.717) is 35.3 Å². The summed E-state index contributed by atoms with van der Waals surface area (Å²) in [5, 5.41) is 3.30. The summed E-state index contributed by atoms with van der Waals surface area (Å²) in [7, 11) is 0. The summed E-state index contributed by atoms with van der Waals surface area (Å²) in [5.41, 5.74) is 3.25. The Bertz CT molecular complexity index is 723. The first-order valence-corrected chi connectivity index (χ1v) is 8.32. The summed E-state index contributed by atoms with van der Waals surface area (Å²) in [5.74, 6) is 0.696. The fourth-order valence-electron chi connectivity index (χ4n) is 2.44. The van der Waals surface area contributed by atoms with E-state index in [2.05, 4.69) is 5.32 Å². The predicted octanol–water partition coefficient (Wildman–Crippen LogP) is 5.01. The Morgan fingerprint density at radius 2 is 1.71 bits per heavy atom. The van der Waals surface area contributed by atoms with Gasteiger partial charge < -0.3 is 14.8 Å². The molecule has 0 bridgehead atoms. The lowest BCUT2D eigenvalue weighted by molar-refractivity contribution is 0.102. The number of carbonyl (C=O) groups is 1. The summed E-state index contributed by atoms with van der Waals surface area (Å²) in [4.78, 5) is 12.6. The van der Waals surface area contributed by atoms with Crippen molar-refractivity contribution < 1.29 is 14.3 Å². The second-order valence-corrected chi connectivity index (χ2v) is 5.78. The maximum absolute atomic E-state index is 12.6. The molecule has 1 amide bonds. The summed E-state index contributed by atoms with van der Waals surface area (Å²) < 4.78 is 11.1. The van der Waals surface area contributed by atoms with Crippen LogP contribution >= 0.6 is 11.6 Å². The molecule has 0 aromatic heterocycles. The van der Waals surface area contributed by atoms with Crippen LogP contribution in [0.15, 0.2) is 30.3 Å². The van der Waals surface area contributed by atoms with Crippen LogP contribution in [-0.2, 0) is 0 Å². The number of hydrogen-bond donors (Lipinski definition) is 1. The Balaban J connectivity index is 2.36. The van der Waals surface area contributed by atoms with E-state index < -0.39 is 0 Å². The molecule has 0 aliphatic rings. The number of carbonyl (C=O) groups excluding carboxylic acids is 1. The van der Waals surface area contributed by atoms with Crippen LogP contribution in [0.1, 0.15) is 35.3 Å². The molecule has 0 aliphatic heterocycles. The minimum absolute atomic E-state index is 0.238. The molecular weight excluding hydrogens is 326 g/mol. The van der Waals surface area contributed by atoms with Crippen molar-refractivity contribution in [1.29, 1.82) is 0 Å².